The van der Waals surface area contributed by atoms with Crippen LogP contribution >= 0.6 is 0 Å². The lowest BCUT2D eigenvalue weighted by Gasteiger charge is -2.33. The minimum atomic E-state index is 0.282. The lowest BCUT2D eigenvalue weighted by atomic mass is 10.2. The molecule has 0 unspecified atom stereocenters. The minimum Gasteiger partial charge on any atom is -0.488 e. The molecule has 0 aromatic heterocycles. The second-order valence-electron chi connectivity index (χ2n) is 5.33. The molecular weight excluding hydrogens is 226 g/mol. The molecule has 1 heterocycles. The Kier molecular flexibility index (Phi) is 4.61. The summed E-state index contributed by atoms with van der Waals surface area (Å²) in [6.07, 6.45) is 2.56. The van der Waals surface area contributed by atoms with Crippen LogP contribution in [0, 0.1) is 6.92 Å². The topological polar surface area (TPSA) is 29.5 Å². The van der Waals surface area contributed by atoms with Crippen molar-refractivity contribution in [1.29, 1.82) is 0 Å². The third-order valence-corrected chi connectivity index (χ3v) is 3.91. The predicted octanol–water partition coefficient (Wildman–Crippen LogP) is 1.98. The molecule has 3 heteroatoms. The van der Waals surface area contributed by atoms with E-state index < -0.39 is 0 Å². The van der Waals surface area contributed by atoms with Crippen molar-refractivity contribution in [3.63, 3.8) is 0 Å². The number of hydrogen-bond donors (Lipinski definition) is 1. The van der Waals surface area contributed by atoms with E-state index in [4.69, 9.17) is 4.74 Å². The summed E-state index contributed by atoms with van der Waals surface area (Å²) in [5.41, 5.74) is 1.23. The highest BCUT2D eigenvalue weighted by Crippen LogP contribution is 2.19. The second kappa shape index (κ2) is 6.21. The minimum absolute atomic E-state index is 0.282. The first-order valence-electron chi connectivity index (χ1n) is 6.90. The predicted molar refractivity (Wildman–Crippen MR) is 72.7 cm³/mol. The van der Waals surface area contributed by atoms with Crippen LogP contribution < -0.4 is 4.74 Å². The van der Waals surface area contributed by atoms with E-state index in [0.717, 1.165) is 29.9 Å². The van der Waals surface area contributed by atoms with Crippen LogP contribution in [0.3, 0.4) is 0 Å². The number of benzene rings is 1. The van der Waals surface area contributed by atoms with Crippen molar-refractivity contribution in [2.24, 2.45) is 0 Å². The van der Waals surface area contributed by atoms with Crippen molar-refractivity contribution in [2.45, 2.75) is 19.8 Å². The number of ether oxygens (including phenoxy) is 1. The summed E-state index contributed by atoms with van der Waals surface area (Å²) in [5.74, 6) is 0.955. The van der Waals surface area contributed by atoms with Crippen molar-refractivity contribution in [1.82, 2.24) is 0 Å². The summed E-state index contributed by atoms with van der Waals surface area (Å²) in [5, 5.41) is 9.19. The molecule has 18 heavy (non-hydrogen) atoms. The van der Waals surface area contributed by atoms with Crippen molar-refractivity contribution in [3.8, 4) is 5.75 Å². The van der Waals surface area contributed by atoms with Crippen molar-refractivity contribution in [2.75, 3.05) is 39.4 Å². The summed E-state index contributed by atoms with van der Waals surface area (Å²) in [4.78, 5) is 0. The van der Waals surface area contributed by atoms with E-state index >= 15 is 0 Å². The Bertz CT molecular complexity index is 373. The van der Waals surface area contributed by atoms with Crippen LogP contribution in [0.25, 0.3) is 0 Å². The molecule has 1 aliphatic heterocycles. The van der Waals surface area contributed by atoms with Crippen LogP contribution in [-0.4, -0.2) is 49.0 Å². The Balaban J connectivity index is 1.83. The van der Waals surface area contributed by atoms with Crippen LogP contribution in [0.2, 0.25) is 0 Å². The van der Waals surface area contributed by atoms with Crippen LogP contribution in [-0.2, 0) is 0 Å². The molecule has 0 bridgehead atoms. The Morgan fingerprint density at radius 3 is 2.67 bits per heavy atom. The SMILES string of the molecule is Cc1cccc(OCC[N+]2(CCO)CCCC2)c1. The monoisotopic (exact) mass is 250 g/mol. The molecule has 0 atom stereocenters. The van der Waals surface area contributed by atoms with Gasteiger partial charge in [0, 0.05) is 12.8 Å². The quantitative estimate of drug-likeness (QED) is 0.782. The molecule has 1 N–H and O–H groups in total. The van der Waals surface area contributed by atoms with Crippen LogP contribution in [0.1, 0.15) is 18.4 Å². The number of nitrogens with zero attached hydrogens (tertiary/aromatic N) is 1. The summed E-state index contributed by atoms with van der Waals surface area (Å²) >= 11 is 0. The van der Waals surface area contributed by atoms with Gasteiger partial charge in [0.05, 0.1) is 19.7 Å². The molecule has 2 rings (SSSR count). The Morgan fingerprint density at radius 1 is 1.22 bits per heavy atom. The van der Waals surface area contributed by atoms with Gasteiger partial charge in [-0.25, -0.2) is 0 Å². The standard InChI is InChI=1S/C15H24NO2/c1-14-5-4-6-15(13-14)18-12-10-16(9-11-17)7-2-3-8-16/h4-6,13,17H,2-3,7-12H2,1H3/q+1. The molecule has 3 nitrogen and oxygen atoms in total. The number of aliphatic hydroxyl groups excluding tert-OH is 1. The average Bonchev–Trinajstić information content (AvgIpc) is 2.79. The smallest absolute Gasteiger partial charge is 0.137 e. The first-order chi connectivity index (χ1) is 8.74. The highest BCUT2D eigenvalue weighted by Gasteiger charge is 2.30. The summed E-state index contributed by atoms with van der Waals surface area (Å²) in [7, 11) is 0. The van der Waals surface area contributed by atoms with Gasteiger partial charge in [0.1, 0.15) is 25.4 Å². The van der Waals surface area contributed by atoms with Gasteiger partial charge in [-0.3, -0.25) is 0 Å². The Labute approximate surface area is 110 Å². The van der Waals surface area contributed by atoms with Gasteiger partial charge >= 0.3 is 0 Å². The van der Waals surface area contributed by atoms with Crippen molar-refractivity contribution >= 4 is 0 Å². The molecule has 1 aliphatic rings. The van der Waals surface area contributed by atoms with Gasteiger partial charge in [-0.1, -0.05) is 12.1 Å². The zero-order valence-corrected chi connectivity index (χ0v) is 11.3. The normalized spacial score (nSPS) is 17.9. The first-order valence-corrected chi connectivity index (χ1v) is 6.90. The van der Waals surface area contributed by atoms with Crippen molar-refractivity contribution in [3.05, 3.63) is 29.8 Å². The van der Waals surface area contributed by atoms with Crippen molar-refractivity contribution < 1.29 is 14.3 Å². The lowest BCUT2D eigenvalue weighted by molar-refractivity contribution is -0.917. The van der Waals surface area contributed by atoms with Crippen LogP contribution in [0.15, 0.2) is 24.3 Å². The highest BCUT2D eigenvalue weighted by molar-refractivity contribution is 5.27. The number of aliphatic hydroxyl groups is 1. The van der Waals surface area contributed by atoms with E-state index in [9.17, 15) is 5.11 Å². The summed E-state index contributed by atoms with van der Waals surface area (Å²) in [6.45, 7) is 7.36. The molecule has 100 valence electrons. The lowest BCUT2D eigenvalue weighted by Crippen LogP contribution is -2.49. The Hall–Kier alpha value is -1.06. The van der Waals surface area contributed by atoms with Crippen LogP contribution in [0.5, 0.6) is 5.75 Å². The molecule has 0 aliphatic carbocycles. The van der Waals surface area contributed by atoms with E-state index in [0.29, 0.717) is 0 Å². The molecule has 1 aromatic rings. The third-order valence-electron chi connectivity index (χ3n) is 3.91. The number of aryl methyl sites for hydroxylation is 1. The van der Waals surface area contributed by atoms with Gasteiger partial charge in [0.25, 0.3) is 0 Å². The zero-order valence-electron chi connectivity index (χ0n) is 11.3. The third kappa shape index (κ3) is 3.47. The Morgan fingerprint density at radius 2 is 2.00 bits per heavy atom. The van der Waals surface area contributed by atoms with E-state index in [2.05, 4.69) is 19.1 Å². The summed E-state index contributed by atoms with van der Waals surface area (Å²) in [6, 6.07) is 8.18. The molecule has 0 saturated carbocycles. The van der Waals surface area contributed by atoms with Gasteiger partial charge in [-0.2, -0.15) is 0 Å². The number of rotatable bonds is 6. The maximum atomic E-state index is 9.19. The highest BCUT2D eigenvalue weighted by atomic mass is 16.5. The van der Waals surface area contributed by atoms with E-state index in [1.807, 2.05) is 12.1 Å². The number of quaternary nitrogens is 1. The first kappa shape index (κ1) is 13.4. The molecule has 0 amide bonds. The fourth-order valence-corrected chi connectivity index (χ4v) is 2.84. The van der Waals surface area contributed by atoms with E-state index in [1.165, 1.54) is 31.5 Å². The molecular formula is C15H24NO2+. The maximum absolute atomic E-state index is 9.19. The second-order valence-corrected chi connectivity index (χ2v) is 5.33. The van der Waals surface area contributed by atoms with Gasteiger partial charge in [0.15, 0.2) is 0 Å². The number of likely N-dealkylation sites (tertiary alicyclic amines) is 1. The molecule has 0 spiro atoms. The maximum Gasteiger partial charge on any atom is 0.137 e. The average molecular weight is 250 g/mol. The van der Waals surface area contributed by atoms with Crippen LogP contribution in [0.4, 0.5) is 0 Å². The molecule has 0 radical (unpaired) electrons. The van der Waals surface area contributed by atoms with Gasteiger partial charge in [-0.05, 0) is 24.6 Å². The molecule has 1 saturated heterocycles. The number of hydrogen-bond acceptors (Lipinski definition) is 2. The molecule has 1 fully saturated rings. The van der Waals surface area contributed by atoms with Gasteiger partial charge in [-0.15, -0.1) is 0 Å². The molecule has 1 aromatic carbocycles. The summed E-state index contributed by atoms with van der Waals surface area (Å²) < 4.78 is 6.85. The fourth-order valence-electron chi connectivity index (χ4n) is 2.84. The van der Waals surface area contributed by atoms with E-state index in [1.54, 1.807) is 0 Å². The largest absolute Gasteiger partial charge is 0.488 e. The zero-order chi connectivity index (χ0) is 12.8. The van der Waals surface area contributed by atoms with E-state index in [-0.39, 0.29) is 6.61 Å². The van der Waals surface area contributed by atoms with Gasteiger partial charge in [0.2, 0.25) is 0 Å². The van der Waals surface area contributed by atoms with Gasteiger partial charge < -0.3 is 14.3 Å². The fraction of sp³-hybridized carbons (Fsp3) is 0.600.